The number of rotatable bonds is 3. The van der Waals surface area contributed by atoms with E-state index in [2.05, 4.69) is 20.8 Å². The van der Waals surface area contributed by atoms with Crippen LogP contribution in [0.25, 0.3) is 0 Å². The van der Waals surface area contributed by atoms with E-state index in [1.807, 2.05) is 18.2 Å². The average Bonchev–Trinajstić information content (AvgIpc) is 2.24. The van der Waals surface area contributed by atoms with Crippen molar-refractivity contribution in [1.82, 2.24) is 0 Å². The molecular formula is C15H25NO2. The Morgan fingerprint density at radius 3 is 2.11 bits per heavy atom. The van der Waals surface area contributed by atoms with Crippen LogP contribution in [0.1, 0.15) is 51.8 Å². The van der Waals surface area contributed by atoms with Gasteiger partial charge in [-0.1, -0.05) is 26.8 Å². The number of hydrogen-bond donors (Lipinski definition) is 2. The van der Waals surface area contributed by atoms with Crippen LogP contribution in [0.15, 0.2) is 18.2 Å². The standard InChI is InChI=1S/C15H25NO2/c1-14(2,3)11-9-10(7-8-12(11)18-6)13(16)15(4,5)17/h7-9,13,17H,16H2,1-6H3. The molecule has 3 N–H and O–H groups in total. The van der Waals surface area contributed by atoms with E-state index in [0.29, 0.717) is 0 Å². The first-order chi connectivity index (χ1) is 8.07. The molecule has 1 rings (SSSR count). The zero-order valence-electron chi connectivity index (χ0n) is 12.2. The van der Waals surface area contributed by atoms with Crippen LogP contribution in [0.2, 0.25) is 0 Å². The molecule has 1 unspecified atom stereocenters. The topological polar surface area (TPSA) is 55.5 Å². The fourth-order valence-electron chi connectivity index (χ4n) is 1.91. The number of methoxy groups -OCH3 is 1. The van der Waals surface area contributed by atoms with Gasteiger partial charge in [0.25, 0.3) is 0 Å². The molecule has 0 saturated heterocycles. The Morgan fingerprint density at radius 2 is 1.72 bits per heavy atom. The Kier molecular flexibility index (Phi) is 4.08. The van der Waals surface area contributed by atoms with E-state index in [9.17, 15) is 5.11 Å². The van der Waals surface area contributed by atoms with Crippen LogP contribution in [-0.4, -0.2) is 17.8 Å². The Hall–Kier alpha value is -1.06. The van der Waals surface area contributed by atoms with Gasteiger partial charge >= 0.3 is 0 Å². The first-order valence-corrected chi connectivity index (χ1v) is 6.23. The second kappa shape index (κ2) is 4.90. The quantitative estimate of drug-likeness (QED) is 0.868. The highest BCUT2D eigenvalue weighted by molar-refractivity contribution is 5.42. The van der Waals surface area contributed by atoms with Crippen LogP contribution in [-0.2, 0) is 5.41 Å². The summed E-state index contributed by atoms with van der Waals surface area (Å²) in [6.45, 7) is 9.83. The van der Waals surface area contributed by atoms with Gasteiger partial charge in [0.15, 0.2) is 0 Å². The van der Waals surface area contributed by atoms with Crippen LogP contribution in [0, 0.1) is 0 Å². The van der Waals surface area contributed by atoms with E-state index in [4.69, 9.17) is 10.5 Å². The minimum atomic E-state index is -0.941. The Morgan fingerprint density at radius 1 is 1.17 bits per heavy atom. The Bertz CT molecular complexity index is 413. The van der Waals surface area contributed by atoms with Crippen molar-refractivity contribution in [2.75, 3.05) is 7.11 Å². The highest BCUT2D eigenvalue weighted by Gasteiger charge is 2.27. The lowest BCUT2D eigenvalue weighted by Gasteiger charge is -2.29. The van der Waals surface area contributed by atoms with Crippen molar-refractivity contribution in [2.24, 2.45) is 5.73 Å². The molecule has 1 aromatic carbocycles. The summed E-state index contributed by atoms with van der Waals surface area (Å²) >= 11 is 0. The molecule has 0 amide bonds. The van der Waals surface area contributed by atoms with E-state index in [-0.39, 0.29) is 5.41 Å². The molecule has 0 spiro atoms. The number of benzene rings is 1. The van der Waals surface area contributed by atoms with Gasteiger partial charge in [0.2, 0.25) is 0 Å². The lowest BCUT2D eigenvalue weighted by molar-refractivity contribution is 0.0516. The summed E-state index contributed by atoms with van der Waals surface area (Å²) in [6, 6.07) is 5.45. The Balaban J connectivity index is 3.28. The predicted molar refractivity (Wildman–Crippen MR) is 74.9 cm³/mol. The second-order valence-corrected chi connectivity index (χ2v) is 6.34. The molecule has 0 aromatic heterocycles. The van der Waals surface area contributed by atoms with Crippen molar-refractivity contribution >= 4 is 0 Å². The lowest BCUT2D eigenvalue weighted by atomic mass is 9.83. The molecule has 0 bridgehead atoms. The SMILES string of the molecule is COc1ccc(C(N)C(C)(C)O)cc1C(C)(C)C. The van der Waals surface area contributed by atoms with Gasteiger partial charge in [-0.05, 0) is 42.5 Å². The van der Waals surface area contributed by atoms with E-state index in [1.165, 1.54) is 0 Å². The number of ether oxygens (including phenoxy) is 1. The number of hydrogen-bond acceptors (Lipinski definition) is 3. The van der Waals surface area contributed by atoms with Crippen LogP contribution in [0.4, 0.5) is 0 Å². The third kappa shape index (κ3) is 3.24. The molecule has 0 radical (unpaired) electrons. The third-order valence-electron chi connectivity index (χ3n) is 3.15. The summed E-state index contributed by atoms with van der Waals surface area (Å²) in [5, 5.41) is 10.0. The fourth-order valence-corrected chi connectivity index (χ4v) is 1.91. The van der Waals surface area contributed by atoms with Gasteiger partial charge in [-0.2, -0.15) is 0 Å². The summed E-state index contributed by atoms with van der Waals surface area (Å²) in [4.78, 5) is 0. The van der Waals surface area contributed by atoms with Gasteiger partial charge in [-0.25, -0.2) is 0 Å². The van der Waals surface area contributed by atoms with Gasteiger partial charge in [-0.15, -0.1) is 0 Å². The van der Waals surface area contributed by atoms with Crippen molar-refractivity contribution in [3.05, 3.63) is 29.3 Å². The molecule has 3 nitrogen and oxygen atoms in total. The average molecular weight is 251 g/mol. The minimum Gasteiger partial charge on any atom is -0.496 e. The monoisotopic (exact) mass is 251 g/mol. The van der Waals surface area contributed by atoms with Crippen LogP contribution >= 0.6 is 0 Å². The van der Waals surface area contributed by atoms with Crippen LogP contribution in [0.5, 0.6) is 5.75 Å². The van der Waals surface area contributed by atoms with Crippen molar-refractivity contribution in [2.45, 2.75) is 51.7 Å². The maximum atomic E-state index is 10.0. The third-order valence-corrected chi connectivity index (χ3v) is 3.15. The molecule has 0 aliphatic heterocycles. The molecule has 0 fully saturated rings. The lowest BCUT2D eigenvalue weighted by Crippen LogP contribution is -2.35. The van der Waals surface area contributed by atoms with Gasteiger partial charge in [0.05, 0.1) is 18.8 Å². The molecule has 0 aliphatic carbocycles. The van der Waals surface area contributed by atoms with E-state index in [1.54, 1.807) is 21.0 Å². The summed E-state index contributed by atoms with van der Waals surface area (Å²) in [6.07, 6.45) is 0. The first-order valence-electron chi connectivity index (χ1n) is 6.23. The minimum absolute atomic E-state index is 0.0271. The Labute approximate surface area is 110 Å². The molecule has 18 heavy (non-hydrogen) atoms. The van der Waals surface area contributed by atoms with Crippen molar-refractivity contribution in [3.8, 4) is 5.75 Å². The maximum Gasteiger partial charge on any atom is 0.122 e. The summed E-state index contributed by atoms with van der Waals surface area (Å²) < 4.78 is 5.39. The molecular weight excluding hydrogens is 226 g/mol. The zero-order chi connectivity index (χ0) is 14.1. The summed E-state index contributed by atoms with van der Waals surface area (Å²) in [5.74, 6) is 0.856. The molecule has 1 aromatic rings. The smallest absolute Gasteiger partial charge is 0.122 e. The van der Waals surface area contributed by atoms with Gasteiger partial charge < -0.3 is 15.6 Å². The van der Waals surface area contributed by atoms with Crippen molar-refractivity contribution in [1.29, 1.82) is 0 Å². The van der Waals surface area contributed by atoms with E-state index in [0.717, 1.165) is 16.9 Å². The summed E-state index contributed by atoms with van der Waals surface area (Å²) in [5.41, 5.74) is 7.14. The number of aliphatic hydroxyl groups is 1. The van der Waals surface area contributed by atoms with E-state index >= 15 is 0 Å². The normalized spacial score (nSPS) is 14.4. The maximum absolute atomic E-state index is 10.0. The molecule has 0 heterocycles. The summed E-state index contributed by atoms with van der Waals surface area (Å²) in [7, 11) is 1.67. The first kappa shape index (κ1) is 15.0. The van der Waals surface area contributed by atoms with Crippen LogP contribution < -0.4 is 10.5 Å². The van der Waals surface area contributed by atoms with E-state index < -0.39 is 11.6 Å². The molecule has 3 heteroatoms. The molecule has 102 valence electrons. The molecule has 0 aliphatic rings. The van der Waals surface area contributed by atoms with Crippen molar-refractivity contribution < 1.29 is 9.84 Å². The fraction of sp³-hybridized carbons (Fsp3) is 0.600. The van der Waals surface area contributed by atoms with Gasteiger partial charge in [0.1, 0.15) is 5.75 Å². The second-order valence-electron chi connectivity index (χ2n) is 6.34. The molecule has 0 saturated carbocycles. The van der Waals surface area contributed by atoms with Gasteiger partial charge in [-0.3, -0.25) is 0 Å². The van der Waals surface area contributed by atoms with Crippen molar-refractivity contribution in [3.63, 3.8) is 0 Å². The highest BCUT2D eigenvalue weighted by atomic mass is 16.5. The number of nitrogens with two attached hydrogens (primary N) is 1. The molecule has 1 atom stereocenters. The highest BCUT2D eigenvalue weighted by Crippen LogP contribution is 2.34. The largest absolute Gasteiger partial charge is 0.496 e. The van der Waals surface area contributed by atoms with Gasteiger partial charge in [0, 0.05) is 0 Å². The predicted octanol–water partition coefficient (Wildman–Crippen LogP) is 2.76. The zero-order valence-corrected chi connectivity index (χ0v) is 12.2. The van der Waals surface area contributed by atoms with Crippen LogP contribution in [0.3, 0.4) is 0 Å².